The molecule has 0 saturated carbocycles. The maximum absolute atomic E-state index is 14.3. The number of methoxy groups -OCH3 is 1. The van der Waals surface area contributed by atoms with Crippen LogP contribution in [0.15, 0.2) is 115 Å². The molecule has 0 radical (unpaired) electrons. The SMILES string of the molecule is COC(=O)[C@](c1ccccc1)(c1cn(C)c2ccccc12)[C@@H](Nc1ccc(Cl)cc1)c1ccccc1. The maximum Gasteiger partial charge on any atom is 0.323 e. The Morgan fingerprint density at radius 2 is 1.47 bits per heavy atom. The van der Waals surface area contributed by atoms with Gasteiger partial charge in [0.2, 0.25) is 0 Å². The molecule has 0 bridgehead atoms. The van der Waals surface area contributed by atoms with Gasteiger partial charge in [0.05, 0.1) is 13.2 Å². The van der Waals surface area contributed by atoms with Crippen molar-refractivity contribution in [3.05, 3.63) is 137 Å². The highest BCUT2D eigenvalue weighted by atomic mass is 35.5. The smallest absolute Gasteiger partial charge is 0.323 e. The fraction of sp³-hybridized carbons (Fsp3) is 0.129. The number of ether oxygens (including phenoxy) is 1. The van der Waals surface area contributed by atoms with Crippen LogP contribution in [-0.4, -0.2) is 17.6 Å². The number of anilines is 1. The Hall–Kier alpha value is -4.02. The summed E-state index contributed by atoms with van der Waals surface area (Å²) in [6.45, 7) is 0. The van der Waals surface area contributed by atoms with Crippen LogP contribution in [-0.2, 0) is 22.0 Å². The Bertz CT molecular complexity index is 1480. The van der Waals surface area contributed by atoms with E-state index in [2.05, 4.69) is 22.0 Å². The van der Waals surface area contributed by atoms with E-state index in [0.29, 0.717) is 5.02 Å². The van der Waals surface area contributed by atoms with Crippen molar-refractivity contribution in [3.8, 4) is 0 Å². The van der Waals surface area contributed by atoms with Gasteiger partial charge >= 0.3 is 5.97 Å². The standard InChI is InChI=1S/C31H27ClN2O2/c1-34-21-27(26-15-9-10-16-28(26)34)31(30(35)36-2,23-13-7-4-8-14-23)29(22-11-5-3-6-12-22)33-25-19-17-24(32)18-20-25/h3-21,29,33H,1-2H3/t29-,31+/m0/s1. The average molecular weight is 495 g/mol. The van der Waals surface area contributed by atoms with Crippen molar-refractivity contribution in [2.24, 2.45) is 7.05 Å². The molecule has 0 saturated heterocycles. The Morgan fingerprint density at radius 1 is 0.861 bits per heavy atom. The Kier molecular flexibility index (Phi) is 6.53. The summed E-state index contributed by atoms with van der Waals surface area (Å²) >= 11 is 6.18. The molecule has 0 amide bonds. The molecule has 1 aromatic heterocycles. The van der Waals surface area contributed by atoms with Crippen LogP contribution in [0.2, 0.25) is 5.02 Å². The Morgan fingerprint density at radius 3 is 2.14 bits per heavy atom. The van der Waals surface area contributed by atoms with Crippen LogP contribution in [0.4, 0.5) is 5.69 Å². The number of rotatable bonds is 7. The van der Waals surface area contributed by atoms with E-state index in [1.165, 1.54) is 7.11 Å². The van der Waals surface area contributed by atoms with Gasteiger partial charge in [0.15, 0.2) is 0 Å². The quantitative estimate of drug-likeness (QED) is 0.244. The molecule has 0 aliphatic rings. The Balaban J connectivity index is 1.88. The summed E-state index contributed by atoms with van der Waals surface area (Å²) in [5.74, 6) is -0.347. The van der Waals surface area contributed by atoms with Gasteiger partial charge in [0.25, 0.3) is 0 Å². The van der Waals surface area contributed by atoms with Gasteiger partial charge in [-0.15, -0.1) is 0 Å². The van der Waals surface area contributed by atoms with Gasteiger partial charge in [-0.05, 0) is 41.5 Å². The van der Waals surface area contributed by atoms with Crippen LogP contribution < -0.4 is 5.32 Å². The highest BCUT2D eigenvalue weighted by Gasteiger charge is 2.52. The van der Waals surface area contributed by atoms with Gasteiger partial charge in [0.1, 0.15) is 5.41 Å². The lowest BCUT2D eigenvalue weighted by atomic mass is 9.66. The summed E-state index contributed by atoms with van der Waals surface area (Å²) in [5, 5.41) is 5.32. The average Bonchev–Trinajstić information content (AvgIpc) is 3.27. The summed E-state index contributed by atoms with van der Waals surface area (Å²) in [6.07, 6.45) is 2.05. The molecule has 1 N–H and O–H groups in total. The molecular weight excluding hydrogens is 468 g/mol. The number of halogens is 1. The van der Waals surface area contributed by atoms with Crippen LogP contribution in [0.25, 0.3) is 10.9 Å². The molecule has 0 aliphatic carbocycles. The van der Waals surface area contributed by atoms with Crippen LogP contribution in [0.1, 0.15) is 22.7 Å². The number of nitrogens with zero attached hydrogens (tertiary/aromatic N) is 1. The largest absolute Gasteiger partial charge is 0.468 e. The van der Waals surface area contributed by atoms with Gasteiger partial charge in [-0.1, -0.05) is 90.5 Å². The van der Waals surface area contributed by atoms with Crippen molar-refractivity contribution in [2.45, 2.75) is 11.5 Å². The molecule has 0 spiro atoms. The predicted molar refractivity (Wildman–Crippen MR) is 146 cm³/mol. The number of hydrogen-bond donors (Lipinski definition) is 1. The number of fused-ring (bicyclic) bond motifs is 1. The van der Waals surface area contributed by atoms with Gasteiger partial charge in [-0.2, -0.15) is 0 Å². The third-order valence-corrected chi connectivity index (χ3v) is 7.03. The molecule has 4 nitrogen and oxygen atoms in total. The minimum atomic E-state index is -1.21. The van der Waals surface area contributed by atoms with Crippen LogP contribution in [0.3, 0.4) is 0 Å². The minimum Gasteiger partial charge on any atom is -0.468 e. The summed E-state index contributed by atoms with van der Waals surface area (Å²) in [5.41, 5.74) is 3.33. The first kappa shape index (κ1) is 23.7. The highest BCUT2D eigenvalue weighted by molar-refractivity contribution is 6.30. The second kappa shape index (κ2) is 9.92. The predicted octanol–water partition coefficient (Wildman–Crippen LogP) is 7.14. The van der Waals surface area contributed by atoms with Crippen molar-refractivity contribution >= 4 is 34.2 Å². The second-order valence-corrected chi connectivity index (χ2v) is 9.27. The van der Waals surface area contributed by atoms with Crippen molar-refractivity contribution in [1.82, 2.24) is 4.57 Å². The summed E-state index contributed by atoms with van der Waals surface area (Å²) in [4.78, 5) is 14.3. The minimum absolute atomic E-state index is 0.347. The Labute approximate surface area is 216 Å². The van der Waals surface area contributed by atoms with Gasteiger partial charge in [-0.3, -0.25) is 4.79 Å². The van der Waals surface area contributed by atoms with E-state index < -0.39 is 11.5 Å². The number of aromatic nitrogens is 1. The van der Waals surface area contributed by atoms with Crippen LogP contribution in [0.5, 0.6) is 0 Å². The molecule has 36 heavy (non-hydrogen) atoms. The number of carbonyl (C=O) groups is 1. The van der Waals surface area contributed by atoms with Crippen LogP contribution in [0, 0.1) is 0 Å². The number of hydrogen-bond acceptors (Lipinski definition) is 3. The van der Waals surface area contributed by atoms with Gasteiger partial charge in [-0.25, -0.2) is 0 Å². The van der Waals surface area contributed by atoms with Crippen molar-refractivity contribution in [2.75, 3.05) is 12.4 Å². The van der Waals surface area contributed by atoms with E-state index in [-0.39, 0.29) is 5.97 Å². The van der Waals surface area contributed by atoms with Crippen LogP contribution >= 0.6 is 11.6 Å². The lowest BCUT2D eigenvalue weighted by molar-refractivity contribution is -0.146. The third kappa shape index (κ3) is 4.04. The first-order valence-corrected chi connectivity index (χ1v) is 12.2. The number of esters is 1. The molecule has 0 fully saturated rings. The molecular formula is C31H27ClN2O2. The number of benzene rings is 4. The maximum atomic E-state index is 14.3. The topological polar surface area (TPSA) is 43.3 Å². The molecule has 2 atom stereocenters. The zero-order chi connectivity index (χ0) is 25.1. The highest BCUT2D eigenvalue weighted by Crippen LogP contribution is 2.48. The molecule has 1 heterocycles. The van der Waals surface area contributed by atoms with Crippen molar-refractivity contribution in [1.29, 1.82) is 0 Å². The van der Waals surface area contributed by atoms with E-state index in [1.807, 2.05) is 110 Å². The summed E-state index contributed by atoms with van der Waals surface area (Å²) < 4.78 is 7.70. The first-order valence-electron chi connectivity index (χ1n) is 11.8. The lowest BCUT2D eigenvalue weighted by Gasteiger charge is -2.40. The fourth-order valence-corrected chi connectivity index (χ4v) is 5.27. The molecule has 180 valence electrons. The van der Waals surface area contributed by atoms with E-state index >= 15 is 0 Å². The number of nitrogens with one attached hydrogen (secondary N) is 1. The summed E-state index contributed by atoms with van der Waals surface area (Å²) in [7, 11) is 3.46. The van der Waals surface area contributed by atoms with Crippen molar-refractivity contribution in [3.63, 3.8) is 0 Å². The summed E-state index contributed by atoms with van der Waals surface area (Å²) in [6, 6.07) is 35.1. The number of aryl methyl sites for hydroxylation is 1. The monoisotopic (exact) mass is 494 g/mol. The molecule has 5 heteroatoms. The zero-order valence-corrected chi connectivity index (χ0v) is 20.9. The third-order valence-electron chi connectivity index (χ3n) is 6.78. The zero-order valence-electron chi connectivity index (χ0n) is 20.2. The van der Waals surface area contributed by atoms with Gasteiger partial charge < -0.3 is 14.6 Å². The molecule has 0 aliphatic heterocycles. The van der Waals surface area contributed by atoms with Gasteiger partial charge in [0, 0.05) is 40.4 Å². The van der Waals surface area contributed by atoms with E-state index in [4.69, 9.17) is 16.3 Å². The molecule has 0 unspecified atom stereocenters. The number of carbonyl (C=O) groups excluding carboxylic acids is 1. The first-order chi connectivity index (χ1) is 17.6. The second-order valence-electron chi connectivity index (χ2n) is 8.83. The normalized spacial score (nSPS) is 13.6. The molecule has 5 rings (SSSR count). The van der Waals surface area contributed by atoms with Crippen molar-refractivity contribution < 1.29 is 9.53 Å². The number of para-hydroxylation sites is 1. The molecule has 4 aromatic carbocycles. The fourth-order valence-electron chi connectivity index (χ4n) is 5.14. The molecule has 5 aromatic rings. The van der Waals surface area contributed by atoms with E-state index in [1.54, 1.807) is 0 Å². The lowest BCUT2D eigenvalue weighted by Crippen LogP contribution is -2.46. The van der Waals surface area contributed by atoms with E-state index in [9.17, 15) is 4.79 Å². The van der Waals surface area contributed by atoms with E-state index in [0.717, 1.165) is 33.3 Å².